The zero-order valence-corrected chi connectivity index (χ0v) is 15.1. The predicted molar refractivity (Wildman–Crippen MR) is 92.7 cm³/mol. The van der Waals surface area contributed by atoms with E-state index in [1.54, 1.807) is 9.80 Å². The van der Waals surface area contributed by atoms with Crippen molar-refractivity contribution in [3.8, 4) is 0 Å². The van der Waals surface area contributed by atoms with Crippen molar-refractivity contribution < 1.29 is 19.1 Å². The van der Waals surface area contributed by atoms with Crippen LogP contribution in [0.2, 0.25) is 0 Å². The molecule has 0 unspecified atom stereocenters. The first kappa shape index (κ1) is 19.8. The average molecular weight is 336 g/mol. The number of ether oxygens (including phenoxy) is 2. The van der Waals surface area contributed by atoms with Crippen LogP contribution in [0.1, 0.15) is 38.8 Å². The lowest BCUT2D eigenvalue weighted by Gasteiger charge is -2.20. The van der Waals surface area contributed by atoms with Gasteiger partial charge in [-0.25, -0.2) is 9.59 Å². The van der Waals surface area contributed by atoms with E-state index in [1.807, 2.05) is 52.0 Å². The summed E-state index contributed by atoms with van der Waals surface area (Å²) in [5, 5.41) is 0. The first-order chi connectivity index (χ1) is 11.6. The number of amides is 2. The van der Waals surface area contributed by atoms with Gasteiger partial charge in [-0.05, 0) is 38.8 Å². The van der Waals surface area contributed by atoms with Crippen LogP contribution in [0, 0.1) is 0 Å². The van der Waals surface area contributed by atoms with Gasteiger partial charge in [-0.2, -0.15) is 0 Å². The Morgan fingerprint density at radius 1 is 0.750 bits per heavy atom. The maximum Gasteiger partial charge on any atom is 0.410 e. The number of rotatable bonds is 8. The molecule has 0 saturated carbocycles. The predicted octanol–water partition coefficient (Wildman–Crippen LogP) is 3.64. The molecule has 2 amide bonds. The minimum absolute atomic E-state index is 0.161. The number of nitrogens with zero attached hydrogens (tertiary/aromatic N) is 2. The van der Waals surface area contributed by atoms with Gasteiger partial charge < -0.3 is 19.3 Å². The van der Waals surface area contributed by atoms with Gasteiger partial charge in [-0.15, -0.1) is 0 Å². The van der Waals surface area contributed by atoms with E-state index in [0.717, 1.165) is 11.1 Å². The molecule has 0 radical (unpaired) electrons. The fourth-order valence-electron chi connectivity index (χ4n) is 2.26. The second kappa shape index (κ2) is 10.5. The standard InChI is InChI=1S/C18H28N2O4/c1-5-19(6-2)17(21)23-13-15-11-9-10-12-16(15)14-24-18(22)20(7-3)8-4/h9-12H,5-8,13-14H2,1-4H3. The first-order valence-corrected chi connectivity index (χ1v) is 8.47. The second-order valence-corrected chi connectivity index (χ2v) is 5.22. The molecule has 0 heterocycles. The lowest BCUT2D eigenvalue weighted by Crippen LogP contribution is -2.31. The van der Waals surface area contributed by atoms with Crippen LogP contribution in [-0.2, 0) is 22.7 Å². The van der Waals surface area contributed by atoms with Crippen LogP contribution in [0.3, 0.4) is 0 Å². The molecule has 1 aromatic carbocycles. The van der Waals surface area contributed by atoms with Crippen LogP contribution in [0.5, 0.6) is 0 Å². The largest absolute Gasteiger partial charge is 0.445 e. The third-order valence-electron chi connectivity index (χ3n) is 3.86. The van der Waals surface area contributed by atoms with Crippen LogP contribution in [0.15, 0.2) is 24.3 Å². The molecule has 0 atom stereocenters. The van der Waals surface area contributed by atoms with Gasteiger partial charge in [0, 0.05) is 26.2 Å². The highest BCUT2D eigenvalue weighted by molar-refractivity contribution is 5.68. The number of benzene rings is 1. The quantitative estimate of drug-likeness (QED) is 0.727. The summed E-state index contributed by atoms with van der Waals surface area (Å²) in [6.07, 6.45) is -0.676. The van der Waals surface area contributed by atoms with Crippen molar-refractivity contribution in [2.24, 2.45) is 0 Å². The Morgan fingerprint density at radius 2 is 1.08 bits per heavy atom. The van der Waals surface area contributed by atoms with E-state index in [-0.39, 0.29) is 25.4 Å². The molecule has 6 nitrogen and oxygen atoms in total. The van der Waals surface area contributed by atoms with Crippen LogP contribution in [0.25, 0.3) is 0 Å². The van der Waals surface area contributed by atoms with Crippen molar-refractivity contribution in [2.75, 3.05) is 26.2 Å². The van der Waals surface area contributed by atoms with E-state index >= 15 is 0 Å². The lowest BCUT2D eigenvalue weighted by molar-refractivity contribution is 0.0931. The molecule has 0 N–H and O–H groups in total. The summed E-state index contributed by atoms with van der Waals surface area (Å²) in [6, 6.07) is 7.48. The zero-order valence-electron chi connectivity index (χ0n) is 15.1. The van der Waals surface area contributed by atoms with E-state index in [0.29, 0.717) is 26.2 Å². The number of carbonyl (C=O) groups is 2. The minimum Gasteiger partial charge on any atom is -0.445 e. The highest BCUT2D eigenvalue weighted by Crippen LogP contribution is 2.13. The molecule has 6 heteroatoms. The van der Waals surface area contributed by atoms with E-state index < -0.39 is 0 Å². The number of carbonyl (C=O) groups excluding carboxylic acids is 2. The molecule has 24 heavy (non-hydrogen) atoms. The summed E-state index contributed by atoms with van der Waals surface area (Å²) in [5.74, 6) is 0. The van der Waals surface area contributed by atoms with Crippen molar-refractivity contribution >= 4 is 12.2 Å². The molecule has 0 spiro atoms. The van der Waals surface area contributed by atoms with E-state index in [9.17, 15) is 9.59 Å². The topological polar surface area (TPSA) is 59.1 Å². The summed E-state index contributed by atoms with van der Waals surface area (Å²) in [4.78, 5) is 27.1. The molecular formula is C18H28N2O4. The molecule has 0 bridgehead atoms. The average Bonchev–Trinajstić information content (AvgIpc) is 2.61. The zero-order chi connectivity index (χ0) is 17.9. The Bertz CT molecular complexity index is 479. The molecular weight excluding hydrogens is 308 g/mol. The van der Waals surface area contributed by atoms with Gasteiger partial charge in [0.05, 0.1) is 0 Å². The summed E-state index contributed by atoms with van der Waals surface area (Å²) in [5.41, 5.74) is 1.68. The SMILES string of the molecule is CCN(CC)C(=O)OCc1ccccc1COC(=O)N(CC)CC. The molecule has 1 aromatic rings. The van der Waals surface area contributed by atoms with Crippen molar-refractivity contribution in [2.45, 2.75) is 40.9 Å². The van der Waals surface area contributed by atoms with Crippen molar-refractivity contribution in [1.82, 2.24) is 9.80 Å². The van der Waals surface area contributed by atoms with Crippen LogP contribution < -0.4 is 0 Å². The Kier molecular flexibility index (Phi) is 8.68. The van der Waals surface area contributed by atoms with Crippen LogP contribution in [-0.4, -0.2) is 48.2 Å². The third kappa shape index (κ3) is 5.76. The highest BCUT2D eigenvalue weighted by Gasteiger charge is 2.14. The molecule has 0 aliphatic rings. The fourth-order valence-corrected chi connectivity index (χ4v) is 2.26. The Hall–Kier alpha value is -2.24. The summed E-state index contributed by atoms with van der Waals surface area (Å²) < 4.78 is 10.7. The van der Waals surface area contributed by atoms with E-state index in [4.69, 9.17) is 9.47 Å². The first-order valence-electron chi connectivity index (χ1n) is 8.47. The lowest BCUT2D eigenvalue weighted by atomic mass is 10.1. The van der Waals surface area contributed by atoms with Gasteiger partial charge in [0.2, 0.25) is 0 Å². The summed E-state index contributed by atoms with van der Waals surface area (Å²) in [7, 11) is 0. The van der Waals surface area contributed by atoms with Gasteiger partial charge in [-0.3, -0.25) is 0 Å². The Balaban J connectivity index is 2.65. The molecule has 1 rings (SSSR count). The van der Waals surface area contributed by atoms with E-state index in [1.165, 1.54) is 0 Å². The Morgan fingerprint density at radius 3 is 1.38 bits per heavy atom. The van der Waals surface area contributed by atoms with Gasteiger partial charge in [-0.1, -0.05) is 24.3 Å². The van der Waals surface area contributed by atoms with Crippen LogP contribution >= 0.6 is 0 Å². The smallest absolute Gasteiger partial charge is 0.410 e. The Labute approximate surface area is 144 Å². The molecule has 0 aromatic heterocycles. The minimum atomic E-state index is -0.338. The summed E-state index contributed by atoms with van der Waals surface area (Å²) in [6.45, 7) is 10.4. The second-order valence-electron chi connectivity index (χ2n) is 5.22. The monoisotopic (exact) mass is 336 g/mol. The highest BCUT2D eigenvalue weighted by atomic mass is 16.6. The maximum absolute atomic E-state index is 11.9. The van der Waals surface area contributed by atoms with Crippen molar-refractivity contribution in [3.63, 3.8) is 0 Å². The van der Waals surface area contributed by atoms with E-state index in [2.05, 4.69) is 0 Å². The molecule has 0 fully saturated rings. The number of hydrogen-bond donors (Lipinski definition) is 0. The normalized spacial score (nSPS) is 10.2. The molecule has 134 valence electrons. The van der Waals surface area contributed by atoms with Gasteiger partial charge in [0.25, 0.3) is 0 Å². The van der Waals surface area contributed by atoms with Gasteiger partial charge in [0.1, 0.15) is 13.2 Å². The maximum atomic E-state index is 11.9. The van der Waals surface area contributed by atoms with Crippen molar-refractivity contribution in [3.05, 3.63) is 35.4 Å². The number of hydrogen-bond acceptors (Lipinski definition) is 4. The van der Waals surface area contributed by atoms with Crippen molar-refractivity contribution in [1.29, 1.82) is 0 Å². The van der Waals surface area contributed by atoms with Crippen LogP contribution in [0.4, 0.5) is 9.59 Å². The van der Waals surface area contributed by atoms with Gasteiger partial charge >= 0.3 is 12.2 Å². The molecule has 0 saturated heterocycles. The third-order valence-corrected chi connectivity index (χ3v) is 3.86. The fraction of sp³-hybridized carbons (Fsp3) is 0.556. The molecule has 0 aliphatic heterocycles. The molecule has 0 aliphatic carbocycles. The van der Waals surface area contributed by atoms with Gasteiger partial charge in [0.15, 0.2) is 0 Å². The summed E-state index contributed by atoms with van der Waals surface area (Å²) >= 11 is 0.